The molecule has 0 amide bonds. The first kappa shape index (κ1) is 10.1. The lowest BCUT2D eigenvalue weighted by atomic mass is 10.1. The zero-order chi connectivity index (χ0) is 10.0. The topological polar surface area (TPSA) is 66.2 Å². The van der Waals surface area contributed by atoms with E-state index in [4.69, 9.17) is 5.73 Å². The standard InChI is InChI=1S/C8H10FNO2S/c1-5(13(11)12)6-3-2-4-7(10)8(6)9/h2-5H,10H2,1H3,(H,11,12)/p-1. The molecule has 0 aliphatic carbocycles. The van der Waals surface area contributed by atoms with Crippen LogP contribution in [-0.2, 0) is 11.1 Å². The van der Waals surface area contributed by atoms with Crippen molar-refractivity contribution < 1.29 is 13.2 Å². The Morgan fingerprint density at radius 1 is 1.62 bits per heavy atom. The summed E-state index contributed by atoms with van der Waals surface area (Å²) in [5.74, 6) is -0.654. The molecular formula is C8H9FNO2S-. The van der Waals surface area contributed by atoms with Crippen molar-refractivity contribution in [3.63, 3.8) is 0 Å². The van der Waals surface area contributed by atoms with Gasteiger partial charge in [0.1, 0.15) is 5.82 Å². The number of benzene rings is 1. The summed E-state index contributed by atoms with van der Waals surface area (Å²) in [4.78, 5) is 0. The second kappa shape index (κ2) is 3.85. The van der Waals surface area contributed by atoms with E-state index < -0.39 is 22.1 Å². The number of hydrogen-bond acceptors (Lipinski definition) is 3. The lowest BCUT2D eigenvalue weighted by molar-refractivity contribution is 0.522. The molecule has 2 atom stereocenters. The van der Waals surface area contributed by atoms with E-state index in [2.05, 4.69) is 0 Å². The predicted octanol–water partition coefficient (Wildman–Crippen LogP) is 1.35. The predicted molar refractivity (Wildman–Crippen MR) is 48.1 cm³/mol. The van der Waals surface area contributed by atoms with Crippen molar-refractivity contribution in [1.82, 2.24) is 0 Å². The molecule has 72 valence electrons. The van der Waals surface area contributed by atoms with Crippen LogP contribution in [0.2, 0.25) is 0 Å². The molecule has 0 saturated carbocycles. The molecule has 2 unspecified atom stereocenters. The lowest BCUT2D eigenvalue weighted by Gasteiger charge is -2.16. The summed E-state index contributed by atoms with van der Waals surface area (Å²) < 4.78 is 34.3. The second-order valence-corrected chi connectivity index (χ2v) is 3.88. The molecule has 5 heteroatoms. The number of rotatable bonds is 2. The van der Waals surface area contributed by atoms with E-state index in [9.17, 15) is 13.2 Å². The molecule has 0 bridgehead atoms. The van der Waals surface area contributed by atoms with Gasteiger partial charge in [0.15, 0.2) is 0 Å². The van der Waals surface area contributed by atoms with Crippen LogP contribution in [-0.4, -0.2) is 8.76 Å². The van der Waals surface area contributed by atoms with Crippen LogP contribution in [0.3, 0.4) is 0 Å². The SMILES string of the molecule is CC(c1cccc(N)c1F)S(=O)[O-]. The van der Waals surface area contributed by atoms with Gasteiger partial charge in [-0.15, -0.1) is 0 Å². The fourth-order valence-electron chi connectivity index (χ4n) is 0.986. The van der Waals surface area contributed by atoms with E-state index in [1.54, 1.807) is 0 Å². The van der Waals surface area contributed by atoms with Gasteiger partial charge in [-0.3, -0.25) is 4.21 Å². The monoisotopic (exact) mass is 202 g/mol. The molecule has 0 fully saturated rings. The first-order chi connectivity index (χ1) is 6.04. The summed E-state index contributed by atoms with van der Waals surface area (Å²) in [5.41, 5.74) is 5.35. The zero-order valence-electron chi connectivity index (χ0n) is 6.99. The third-order valence-electron chi connectivity index (χ3n) is 1.79. The van der Waals surface area contributed by atoms with Crippen molar-refractivity contribution in [1.29, 1.82) is 0 Å². The van der Waals surface area contributed by atoms with Crippen LogP contribution >= 0.6 is 0 Å². The molecule has 1 rings (SSSR count). The summed E-state index contributed by atoms with van der Waals surface area (Å²) in [7, 11) is 0. The van der Waals surface area contributed by atoms with E-state index >= 15 is 0 Å². The maximum absolute atomic E-state index is 13.2. The minimum Gasteiger partial charge on any atom is -0.772 e. The molecular weight excluding hydrogens is 193 g/mol. The fourth-order valence-corrected chi connectivity index (χ4v) is 1.38. The summed E-state index contributed by atoms with van der Waals surface area (Å²) in [6, 6.07) is 4.32. The van der Waals surface area contributed by atoms with Crippen LogP contribution in [0.4, 0.5) is 10.1 Å². The second-order valence-electron chi connectivity index (χ2n) is 2.65. The largest absolute Gasteiger partial charge is 0.772 e. The van der Waals surface area contributed by atoms with Gasteiger partial charge < -0.3 is 10.3 Å². The van der Waals surface area contributed by atoms with Crippen molar-refractivity contribution in [3.05, 3.63) is 29.6 Å². The number of anilines is 1. The zero-order valence-corrected chi connectivity index (χ0v) is 7.81. The first-order valence-electron chi connectivity index (χ1n) is 3.66. The Bertz CT molecular complexity index is 343. The van der Waals surface area contributed by atoms with Gasteiger partial charge in [-0.05, 0) is 24.1 Å². The van der Waals surface area contributed by atoms with Crippen molar-refractivity contribution >= 4 is 16.8 Å². The van der Waals surface area contributed by atoms with Gasteiger partial charge in [0, 0.05) is 10.8 Å². The van der Waals surface area contributed by atoms with Crippen LogP contribution in [0.5, 0.6) is 0 Å². The van der Waals surface area contributed by atoms with Crippen molar-refractivity contribution in [2.24, 2.45) is 0 Å². The molecule has 0 radical (unpaired) electrons. The third-order valence-corrected chi connectivity index (χ3v) is 2.62. The van der Waals surface area contributed by atoms with Gasteiger partial charge >= 0.3 is 0 Å². The van der Waals surface area contributed by atoms with Gasteiger partial charge in [0.05, 0.1) is 5.69 Å². The highest BCUT2D eigenvalue weighted by atomic mass is 32.2. The summed E-state index contributed by atoms with van der Waals surface area (Å²) in [5, 5.41) is -0.872. The van der Waals surface area contributed by atoms with Crippen molar-refractivity contribution in [2.75, 3.05) is 5.73 Å². The van der Waals surface area contributed by atoms with Gasteiger partial charge in [-0.25, -0.2) is 4.39 Å². The summed E-state index contributed by atoms with van der Waals surface area (Å²) in [6.07, 6.45) is 0. The van der Waals surface area contributed by atoms with Crippen LogP contribution in [0.25, 0.3) is 0 Å². The van der Waals surface area contributed by atoms with E-state index in [1.807, 2.05) is 0 Å². The smallest absolute Gasteiger partial charge is 0.150 e. The molecule has 3 nitrogen and oxygen atoms in total. The molecule has 1 aromatic rings. The average Bonchev–Trinajstić information content (AvgIpc) is 2.08. The van der Waals surface area contributed by atoms with Crippen molar-refractivity contribution in [3.8, 4) is 0 Å². The van der Waals surface area contributed by atoms with Crippen LogP contribution < -0.4 is 5.73 Å². The van der Waals surface area contributed by atoms with Gasteiger partial charge in [0.2, 0.25) is 0 Å². The molecule has 0 aliphatic heterocycles. The number of nitrogen functional groups attached to an aromatic ring is 1. The fraction of sp³-hybridized carbons (Fsp3) is 0.250. The Morgan fingerprint density at radius 3 is 2.77 bits per heavy atom. The molecule has 0 aliphatic rings. The minimum absolute atomic E-state index is 0.0326. The Labute approximate surface area is 78.0 Å². The number of nitrogens with two attached hydrogens (primary N) is 1. The van der Waals surface area contributed by atoms with Crippen LogP contribution in [0, 0.1) is 5.82 Å². The quantitative estimate of drug-likeness (QED) is 0.581. The normalized spacial score (nSPS) is 15.3. The Kier molecular flexibility index (Phi) is 3.00. The molecule has 0 spiro atoms. The molecule has 0 heterocycles. The Morgan fingerprint density at radius 2 is 2.23 bits per heavy atom. The van der Waals surface area contributed by atoms with Crippen LogP contribution in [0.15, 0.2) is 18.2 Å². The molecule has 2 N–H and O–H groups in total. The van der Waals surface area contributed by atoms with E-state index in [0.29, 0.717) is 0 Å². The highest BCUT2D eigenvalue weighted by Crippen LogP contribution is 2.24. The van der Waals surface area contributed by atoms with Gasteiger partial charge in [-0.1, -0.05) is 12.1 Å². The summed E-state index contributed by atoms with van der Waals surface area (Å²) in [6.45, 7) is 1.40. The molecule has 0 aromatic heterocycles. The Balaban J connectivity index is 3.15. The third kappa shape index (κ3) is 2.05. The molecule has 0 saturated heterocycles. The van der Waals surface area contributed by atoms with E-state index in [0.717, 1.165) is 0 Å². The van der Waals surface area contributed by atoms with E-state index in [1.165, 1.54) is 25.1 Å². The number of halogens is 1. The Hall–Kier alpha value is -0.940. The molecule has 1 aromatic carbocycles. The number of hydrogen-bond donors (Lipinski definition) is 1. The van der Waals surface area contributed by atoms with Gasteiger partial charge in [-0.2, -0.15) is 0 Å². The average molecular weight is 202 g/mol. The first-order valence-corrected chi connectivity index (χ1v) is 4.79. The molecule has 13 heavy (non-hydrogen) atoms. The maximum Gasteiger partial charge on any atom is 0.150 e. The van der Waals surface area contributed by atoms with Gasteiger partial charge in [0.25, 0.3) is 0 Å². The minimum atomic E-state index is -2.33. The lowest BCUT2D eigenvalue weighted by Crippen LogP contribution is -2.05. The van der Waals surface area contributed by atoms with Crippen LogP contribution in [0.1, 0.15) is 17.7 Å². The maximum atomic E-state index is 13.2. The summed E-state index contributed by atoms with van der Waals surface area (Å²) >= 11 is -2.33. The van der Waals surface area contributed by atoms with E-state index in [-0.39, 0.29) is 11.3 Å². The highest BCUT2D eigenvalue weighted by Gasteiger charge is 2.12. The van der Waals surface area contributed by atoms with Crippen molar-refractivity contribution in [2.45, 2.75) is 12.2 Å². The highest BCUT2D eigenvalue weighted by molar-refractivity contribution is 7.79.